The SMILES string of the molecule is CC1=C(Cc2ccc(F)c(C(=O)N3CC(=O)N4CCCCC4C3)c2)N(OC(=O)C(F)(F)F)NC(=O)C1C. The van der Waals surface area contributed by atoms with Crippen molar-refractivity contribution >= 4 is 23.7 Å². The molecule has 3 aliphatic heterocycles. The van der Waals surface area contributed by atoms with Gasteiger partial charge in [-0.25, -0.2) is 14.6 Å². The van der Waals surface area contributed by atoms with E-state index >= 15 is 0 Å². The van der Waals surface area contributed by atoms with Gasteiger partial charge in [0, 0.05) is 25.6 Å². The molecular formula is C24H26F4N4O5. The number of hydrazine groups is 1. The number of allylic oxidation sites excluding steroid dienone is 1. The number of fused-ring (bicyclic) bond motifs is 1. The van der Waals surface area contributed by atoms with Crippen molar-refractivity contribution in [3.05, 3.63) is 46.4 Å². The fourth-order valence-corrected chi connectivity index (χ4v) is 4.75. The smallest absolute Gasteiger partial charge is 0.336 e. The number of nitrogens with zero attached hydrogens (tertiary/aromatic N) is 3. The van der Waals surface area contributed by atoms with E-state index in [4.69, 9.17) is 0 Å². The molecule has 2 saturated heterocycles. The van der Waals surface area contributed by atoms with Crippen LogP contribution in [-0.4, -0.2) is 70.5 Å². The van der Waals surface area contributed by atoms with Gasteiger partial charge in [0.15, 0.2) is 0 Å². The number of alkyl halides is 3. The third kappa shape index (κ3) is 5.39. The van der Waals surface area contributed by atoms with Crippen molar-refractivity contribution in [2.24, 2.45) is 5.92 Å². The molecule has 0 saturated carbocycles. The third-order valence-corrected chi connectivity index (χ3v) is 6.99. The molecule has 2 fully saturated rings. The molecule has 0 aromatic heterocycles. The molecule has 200 valence electrons. The summed E-state index contributed by atoms with van der Waals surface area (Å²) < 4.78 is 53.1. The molecule has 9 nitrogen and oxygen atoms in total. The molecule has 4 rings (SSSR count). The van der Waals surface area contributed by atoms with Crippen molar-refractivity contribution in [2.75, 3.05) is 19.6 Å². The Kier molecular flexibility index (Phi) is 7.16. The third-order valence-electron chi connectivity index (χ3n) is 6.99. The van der Waals surface area contributed by atoms with Gasteiger partial charge in [0.2, 0.25) is 11.8 Å². The van der Waals surface area contributed by atoms with Gasteiger partial charge >= 0.3 is 12.1 Å². The van der Waals surface area contributed by atoms with Crippen LogP contribution in [0.1, 0.15) is 49.0 Å². The van der Waals surface area contributed by atoms with Gasteiger partial charge in [-0.3, -0.25) is 14.4 Å². The van der Waals surface area contributed by atoms with Gasteiger partial charge in [-0.15, -0.1) is 5.17 Å². The summed E-state index contributed by atoms with van der Waals surface area (Å²) in [4.78, 5) is 56.8. The first kappa shape index (κ1) is 26.4. The number of carbonyl (C=O) groups excluding carboxylic acids is 4. The molecule has 0 aliphatic carbocycles. The Hall–Kier alpha value is -3.64. The van der Waals surface area contributed by atoms with Crippen LogP contribution in [-0.2, 0) is 25.6 Å². The number of carbonyl (C=O) groups is 4. The minimum atomic E-state index is -5.30. The maximum Gasteiger partial charge on any atom is 0.493 e. The van der Waals surface area contributed by atoms with Crippen LogP contribution in [0.15, 0.2) is 29.5 Å². The molecule has 1 N–H and O–H groups in total. The van der Waals surface area contributed by atoms with Crippen LogP contribution < -0.4 is 5.43 Å². The summed E-state index contributed by atoms with van der Waals surface area (Å²) in [5.74, 6) is -5.64. The van der Waals surface area contributed by atoms with E-state index in [2.05, 4.69) is 10.3 Å². The zero-order chi connectivity index (χ0) is 27.1. The maximum atomic E-state index is 14.7. The first-order valence-corrected chi connectivity index (χ1v) is 11.8. The highest BCUT2D eigenvalue weighted by Crippen LogP contribution is 2.29. The maximum absolute atomic E-state index is 14.7. The predicted molar refractivity (Wildman–Crippen MR) is 119 cm³/mol. The predicted octanol–water partition coefficient (Wildman–Crippen LogP) is 2.48. The van der Waals surface area contributed by atoms with E-state index in [1.165, 1.54) is 30.9 Å². The zero-order valence-electron chi connectivity index (χ0n) is 20.2. The topological polar surface area (TPSA) is 99.3 Å². The van der Waals surface area contributed by atoms with Crippen LogP contribution in [0.3, 0.4) is 0 Å². The number of benzene rings is 1. The van der Waals surface area contributed by atoms with Crippen molar-refractivity contribution in [3.63, 3.8) is 0 Å². The van der Waals surface area contributed by atoms with Crippen LogP contribution in [0, 0.1) is 11.7 Å². The Balaban J connectivity index is 1.58. The number of piperidine rings is 1. The van der Waals surface area contributed by atoms with Crippen molar-refractivity contribution < 1.29 is 41.6 Å². The summed E-state index contributed by atoms with van der Waals surface area (Å²) in [6.45, 7) is 3.76. The highest BCUT2D eigenvalue weighted by molar-refractivity contribution is 5.97. The number of halogens is 4. The molecule has 0 radical (unpaired) electrons. The molecular weight excluding hydrogens is 500 g/mol. The number of hydrogen-bond acceptors (Lipinski definition) is 6. The molecule has 3 amide bonds. The quantitative estimate of drug-likeness (QED) is 0.606. The van der Waals surface area contributed by atoms with Crippen LogP contribution in [0.4, 0.5) is 17.6 Å². The Labute approximate surface area is 209 Å². The van der Waals surface area contributed by atoms with Gasteiger partial charge in [-0.2, -0.15) is 13.2 Å². The van der Waals surface area contributed by atoms with Crippen molar-refractivity contribution in [1.29, 1.82) is 0 Å². The number of rotatable bonds is 4. The normalized spacial score (nSPS) is 22.6. The second kappa shape index (κ2) is 10.0. The minimum absolute atomic E-state index is 0.0284. The van der Waals surface area contributed by atoms with E-state index < -0.39 is 35.7 Å². The highest BCUT2D eigenvalue weighted by Gasteiger charge is 2.44. The second-order valence-corrected chi connectivity index (χ2v) is 9.41. The van der Waals surface area contributed by atoms with E-state index in [1.807, 2.05) is 0 Å². The first-order chi connectivity index (χ1) is 17.4. The average Bonchev–Trinajstić information content (AvgIpc) is 2.85. The van der Waals surface area contributed by atoms with Crippen LogP contribution >= 0.6 is 0 Å². The van der Waals surface area contributed by atoms with E-state index in [-0.39, 0.29) is 42.7 Å². The van der Waals surface area contributed by atoms with Crippen molar-refractivity contribution in [1.82, 2.24) is 20.4 Å². The molecule has 0 spiro atoms. The minimum Gasteiger partial charge on any atom is -0.336 e. The number of nitrogens with one attached hydrogen (secondary N) is 1. The lowest BCUT2D eigenvalue weighted by molar-refractivity contribution is -0.242. The fourth-order valence-electron chi connectivity index (χ4n) is 4.75. The van der Waals surface area contributed by atoms with Gasteiger partial charge in [0.05, 0.1) is 17.2 Å². The van der Waals surface area contributed by atoms with Gasteiger partial charge in [-0.05, 0) is 56.4 Å². The Morgan fingerprint density at radius 3 is 2.62 bits per heavy atom. The molecule has 1 aromatic rings. The van der Waals surface area contributed by atoms with Gasteiger partial charge in [0.25, 0.3) is 5.91 Å². The highest BCUT2D eigenvalue weighted by atomic mass is 19.4. The monoisotopic (exact) mass is 526 g/mol. The lowest BCUT2D eigenvalue weighted by Gasteiger charge is -2.43. The van der Waals surface area contributed by atoms with Gasteiger partial charge in [-0.1, -0.05) is 6.07 Å². The molecule has 2 atom stereocenters. The largest absolute Gasteiger partial charge is 0.493 e. The summed E-state index contributed by atoms with van der Waals surface area (Å²) in [6, 6.07) is 3.51. The van der Waals surface area contributed by atoms with E-state index in [9.17, 15) is 36.7 Å². The summed E-state index contributed by atoms with van der Waals surface area (Å²) in [5.41, 5.74) is 2.49. The molecule has 0 bridgehead atoms. The number of amides is 3. The zero-order valence-corrected chi connectivity index (χ0v) is 20.2. The van der Waals surface area contributed by atoms with E-state index in [0.29, 0.717) is 22.9 Å². The Bertz CT molecular complexity index is 1170. The van der Waals surface area contributed by atoms with Gasteiger partial charge < -0.3 is 14.6 Å². The number of hydroxylamine groups is 1. The molecule has 2 unspecified atom stereocenters. The molecule has 37 heavy (non-hydrogen) atoms. The Morgan fingerprint density at radius 2 is 1.92 bits per heavy atom. The summed E-state index contributed by atoms with van der Waals surface area (Å²) in [5, 5.41) is 0.360. The summed E-state index contributed by atoms with van der Waals surface area (Å²) >= 11 is 0. The standard InChI is InChI=1S/C24H26F4N4O5/c1-13-14(2)21(34)29-32(37-23(36)24(26,27)28)19(13)10-15-6-7-18(25)17(9-15)22(35)30-11-16-5-3-4-8-31(16)20(33)12-30/h6-7,9,14,16H,3-5,8,10-12H2,1-2H3,(H,29,34). The first-order valence-electron chi connectivity index (χ1n) is 11.8. The lowest BCUT2D eigenvalue weighted by atomic mass is 9.94. The molecule has 13 heteroatoms. The number of hydrogen-bond donors (Lipinski definition) is 1. The Morgan fingerprint density at radius 1 is 1.19 bits per heavy atom. The molecule has 3 heterocycles. The summed E-state index contributed by atoms with van der Waals surface area (Å²) in [7, 11) is 0. The van der Waals surface area contributed by atoms with E-state index in [1.54, 1.807) is 4.90 Å². The van der Waals surface area contributed by atoms with Crippen LogP contribution in [0.25, 0.3) is 0 Å². The fraction of sp³-hybridized carbons (Fsp3) is 0.500. The average molecular weight is 526 g/mol. The van der Waals surface area contributed by atoms with Crippen LogP contribution in [0.5, 0.6) is 0 Å². The van der Waals surface area contributed by atoms with Gasteiger partial charge in [0.1, 0.15) is 12.4 Å². The summed E-state index contributed by atoms with van der Waals surface area (Å²) in [6.07, 6.45) is -2.91. The molecule has 1 aromatic carbocycles. The molecule has 3 aliphatic rings. The van der Waals surface area contributed by atoms with Crippen molar-refractivity contribution in [3.8, 4) is 0 Å². The second-order valence-electron chi connectivity index (χ2n) is 9.41. The lowest BCUT2D eigenvalue weighted by Crippen LogP contribution is -2.59. The number of piperazine rings is 1. The van der Waals surface area contributed by atoms with Crippen LogP contribution in [0.2, 0.25) is 0 Å². The van der Waals surface area contributed by atoms with E-state index in [0.717, 1.165) is 25.3 Å². The van der Waals surface area contributed by atoms with Crippen molar-refractivity contribution in [2.45, 2.75) is 51.7 Å².